The van der Waals surface area contributed by atoms with Crippen molar-refractivity contribution < 1.29 is 10.0 Å². The van der Waals surface area contributed by atoms with Gasteiger partial charge in [-0.25, -0.2) is 0 Å². The average molecular weight is 321 g/mol. The van der Waals surface area contributed by atoms with E-state index in [1.807, 2.05) is 22.9 Å². The third kappa shape index (κ3) is 3.82. The Morgan fingerprint density at radius 3 is 2.77 bits per heavy atom. The van der Waals surface area contributed by atoms with E-state index >= 15 is 0 Å². The molecule has 1 heterocycles. The molecule has 1 aromatic heterocycles. The van der Waals surface area contributed by atoms with Crippen LogP contribution in [0.1, 0.15) is 18.1 Å². The van der Waals surface area contributed by atoms with Gasteiger partial charge in [0.15, 0.2) is 0 Å². The Hall–Kier alpha value is -1.96. The Kier molecular flexibility index (Phi) is 5.12. The zero-order valence-electron chi connectivity index (χ0n) is 12.5. The minimum atomic E-state index is -0.961. The van der Waals surface area contributed by atoms with Crippen molar-refractivity contribution in [2.75, 3.05) is 18.9 Å². The van der Waals surface area contributed by atoms with Gasteiger partial charge >= 0.3 is 0 Å². The minimum absolute atomic E-state index is 0.0476. The summed E-state index contributed by atoms with van der Waals surface area (Å²) in [6, 6.07) is 6.94. The number of nitro groups is 1. The fraction of sp³-hybridized carbons (Fsp3) is 0.333. The normalized spacial score (nSPS) is 13.6. The Balaban J connectivity index is 2.00. The van der Waals surface area contributed by atoms with E-state index in [1.54, 1.807) is 20.0 Å². The molecule has 3 N–H and O–H groups in total. The van der Waals surface area contributed by atoms with Crippen LogP contribution in [0, 0.1) is 10.1 Å². The smallest absolute Gasteiger partial charge is 0.292 e. The lowest BCUT2D eigenvalue weighted by atomic mass is 9.99. The van der Waals surface area contributed by atoms with E-state index in [4.69, 9.17) is 0 Å². The highest BCUT2D eigenvalue weighted by atomic mass is 32.1. The second-order valence-corrected chi connectivity index (χ2v) is 6.03. The molecule has 1 unspecified atom stereocenters. The first-order valence-electron chi connectivity index (χ1n) is 6.85. The van der Waals surface area contributed by atoms with E-state index in [1.165, 1.54) is 17.4 Å². The van der Waals surface area contributed by atoms with Gasteiger partial charge in [0.1, 0.15) is 5.69 Å². The summed E-state index contributed by atoms with van der Waals surface area (Å²) in [5.74, 6) is 0. The van der Waals surface area contributed by atoms with Gasteiger partial charge in [0.05, 0.1) is 10.5 Å². The first-order valence-corrected chi connectivity index (χ1v) is 7.79. The molecule has 6 nitrogen and oxygen atoms in total. The maximum Gasteiger partial charge on any atom is 0.292 e. The van der Waals surface area contributed by atoms with E-state index in [0.717, 1.165) is 11.1 Å². The van der Waals surface area contributed by atoms with Crippen molar-refractivity contribution in [1.82, 2.24) is 5.32 Å². The molecule has 0 fully saturated rings. The molecule has 0 radical (unpaired) electrons. The van der Waals surface area contributed by atoms with Gasteiger partial charge in [-0.2, -0.15) is 11.3 Å². The van der Waals surface area contributed by atoms with Crippen LogP contribution >= 0.6 is 11.3 Å². The number of rotatable bonds is 7. The predicted octanol–water partition coefficient (Wildman–Crippen LogP) is 2.70. The van der Waals surface area contributed by atoms with Crippen LogP contribution in [0.4, 0.5) is 11.4 Å². The molecule has 2 aromatic rings. The Morgan fingerprint density at radius 2 is 2.18 bits per heavy atom. The molecule has 0 bridgehead atoms. The molecular formula is C15H19N3O3S. The molecule has 0 aliphatic rings. The molecule has 0 aliphatic heterocycles. The Labute approximate surface area is 133 Å². The second kappa shape index (κ2) is 6.87. The van der Waals surface area contributed by atoms with Crippen LogP contribution in [0.15, 0.2) is 35.0 Å². The van der Waals surface area contributed by atoms with Gasteiger partial charge in [0.25, 0.3) is 5.69 Å². The minimum Gasteiger partial charge on any atom is -0.384 e. The van der Waals surface area contributed by atoms with Crippen molar-refractivity contribution in [3.63, 3.8) is 0 Å². The molecule has 22 heavy (non-hydrogen) atoms. The fourth-order valence-corrected chi connectivity index (χ4v) is 2.96. The van der Waals surface area contributed by atoms with Crippen LogP contribution in [0.3, 0.4) is 0 Å². The summed E-state index contributed by atoms with van der Waals surface area (Å²) in [6.45, 7) is 2.56. The summed E-state index contributed by atoms with van der Waals surface area (Å²) >= 11 is 1.54. The second-order valence-electron chi connectivity index (χ2n) is 5.25. The average Bonchev–Trinajstić information content (AvgIpc) is 3.02. The van der Waals surface area contributed by atoms with E-state index in [9.17, 15) is 15.2 Å². The van der Waals surface area contributed by atoms with Crippen LogP contribution in [0.5, 0.6) is 0 Å². The number of aliphatic hydroxyl groups is 1. The number of nitro benzene ring substituents is 1. The number of hydrogen-bond acceptors (Lipinski definition) is 6. The molecule has 0 aliphatic carbocycles. The van der Waals surface area contributed by atoms with Crippen molar-refractivity contribution in [3.8, 4) is 0 Å². The quantitative estimate of drug-likeness (QED) is 0.539. The summed E-state index contributed by atoms with van der Waals surface area (Å²) in [7, 11) is 1.65. The number of hydrogen-bond donors (Lipinski definition) is 3. The van der Waals surface area contributed by atoms with Crippen LogP contribution in [-0.2, 0) is 12.1 Å². The van der Waals surface area contributed by atoms with E-state index < -0.39 is 10.5 Å². The summed E-state index contributed by atoms with van der Waals surface area (Å²) in [6.07, 6.45) is 0. The number of benzene rings is 1. The molecule has 0 amide bonds. The monoisotopic (exact) mass is 321 g/mol. The zero-order valence-corrected chi connectivity index (χ0v) is 13.3. The maximum atomic E-state index is 11.0. The Bertz CT molecular complexity index is 641. The van der Waals surface area contributed by atoms with Gasteiger partial charge < -0.3 is 15.7 Å². The Morgan fingerprint density at radius 1 is 1.41 bits per heavy atom. The largest absolute Gasteiger partial charge is 0.384 e. The third-order valence-electron chi connectivity index (χ3n) is 3.47. The summed E-state index contributed by atoms with van der Waals surface area (Å²) in [5.41, 5.74) is 1.23. The van der Waals surface area contributed by atoms with Crippen molar-refractivity contribution in [2.45, 2.75) is 19.1 Å². The molecule has 2 rings (SSSR count). The van der Waals surface area contributed by atoms with Gasteiger partial charge in [-0.1, -0.05) is 6.07 Å². The summed E-state index contributed by atoms with van der Waals surface area (Å²) < 4.78 is 0. The van der Waals surface area contributed by atoms with Gasteiger partial charge in [-0.05, 0) is 40.9 Å². The number of thiophene rings is 1. The molecule has 0 spiro atoms. The fourth-order valence-electron chi connectivity index (χ4n) is 2.17. The SMILES string of the molecule is CNc1ccc(CNCC(C)(O)c2ccsc2)cc1[N+](=O)[O-]. The lowest BCUT2D eigenvalue weighted by Gasteiger charge is -2.23. The highest BCUT2D eigenvalue weighted by Crippen LogP contribution is 2.25. The maximum absolute atomic E-state index is 11.0. The van der Waals surface area contributed by atoms with Gasteiger partial charge in [0, 0.05) is 26.2 Å². The molecule has 0 saturated carbocycles. The number of nitrogens with one attached hydrogen (secondary N) is 2. The van der Waals surface area contributed by atoms with E-state index in [2.05, 4.69) is 10.6 Å². The van der Waals surface area contributed by atoms with Crippen molar-refractivity contribution in [2.24, 2.45) is 0 Å². The topological polar surface area (TPSA) is 87.4 Å². The molecular weight excluding hydrogens is 302 g/mol. The van der Waals surface area contributed by atoms with Gasteiger partial charge in [0.2, 0.25) is 0 Å². The number of anilines is 1. The van der Waals surface area contributed by atoms with Crippen LogP contribution in [0.2, 0.25) is 0 Å². The van der Waals surface area contributed by atoms with Crippen molar-refractivity contribution in [1.29, 1.82) is 0 Å². The van der Waals surface area contributed by atoms with Gasteiger partial charge in [-0.15, -0.1) is 0 Å². The first kappa shape index (κ1) is 16.4. The molecule has 1 aromatic carbocycles. The zero-order chi connectivity index (χ0) is 16.2. The van der Waals surface area contributed by atoms with Crippen LogP contribution in [-0.4, -0.2) is 23.6 Å². The first-order chi connectivity index (χ1) is 10.4. The van der Waals surface area contributed by atoms with Crippen LogP contribution < -0.4 is 10.6 Å². The van der Waals surface area contributed by atoms with Crippen molar-refractivity contribution >= 4 is 22.7 Å². The van der Waals surface area contributed by atoms with E-state index in [0.29, 0.717) is 18.8 Å². The standard InChI is InChI=1S/C15H19N3O3S/c1-15(19,12-5-6-22-9-12)10-17-8-11-3-4-13(16-2)14(7-11)18(20)21/h3-7,9,16-17,19H,8,10H2,1-2H3. The summed E-state index contributed by atoms with van der Waals surface area (Å²) in [5, 5.41) is 31.2. The van der Waals surface area contributed by atoms with Crippen molar-refractivity contribution in [3.05, 3.63) is 56.3 Å². The predicted molar refractivity (Wildman–Crippen MR) is 88.2 cm³/mol. The van der Waals surface area contributed by atoms with Gasteiger partial charge in [-0.3, -0.25) is 10.1 Å². The molecule has 7 heteroatoms. The molecule has 1 atom stereocenters. The number of nitrogens with zero attached hydrogens (tertiary/aromatic N) is 1. The highest BCUT2D eigenvalue weighted by Gasteiger charge is 2.23. The third-order valence-corrected chi connectivity index (χ3v) is 4.15. The molecule has 118 valence electrons. The lowest BCUT2D eigenvalue weighted by Crippen LogP contribution is -2.34. The molecule has 0 saturated heterocycles. The summed E-state index contributed by atoms with van der Waals surface area (Å²) in [4.78, 5) is 10.6. The lowest BCUT2D eigenvalue weighted by molar-refractivity contribution is -0.384. The highest BCUT2D eigenvalue weighted by molar-refractivity contribution is 7.08. The van der Waals surface area contributed by atoms with Crippen LogP contribution in [0.25, 0.3) is 0 Å². The van der Waals surface area contributed by atoms with E-state index in [-0.39, 0.29) is 5.69 Å².